The van der Waals surface area contributed by atoms with Crippen molar-refractivity contribution in [2.45, 2.75) is 45.2 Å². The molecule has 1 heterocycles. The van der Waals surface area contributed by atoms with Gasteiger partial charge in [-0.1, -0.05) is 13.3 Å². The molecule has 2 nitrogen and oxygen atoms in total. The first-order valence-electron chi connectivity index (χ1n) is 5.81. The molecular formula is C11H24N2S. The molecule has 0 radical (unpaired) electrons. The molecule has 2 N–H and O–H groups in total. The Balaban J connectivity index is 2.15. The minimum Gasteiger partial charge on any atom is -0.328 e. The number of nitrogens with zero attached hydrogens (tertiary/aromatic N) is 1. The number of rotatable bonds is 5. The summed E-state index contributed by atoms with van der Waals surface area (Å²) >= 11 is 2.08. The van der Waals surface area contributed by atoms with E-state index in [0.717, 1.165) is 6.04 Å². The molecule has 0 aliphatic carbocycles. The van der Waals surface area contributed by atoms with Crippen molar-refractivity contribution >= 4 is 11.8 Å². The first kappa shape index (κ1) is 12.3. The maximum absolute atomic E-state index is 6.01. The highest BCUT2D eigenvalue weighted by molar-refractivity contribution is 7.99. The van der Waals surface area contributed by atoms with Gasteiger partial charge in [-0.15, -0.1) is 0 Å². The van der Waals surface area contributed by atoms with Crippen LogP contribution in [0.15, 0.2) is 0 Å². The van der Waals surface area contributed by atoms with Gasteiger partial charge in [-0.3, -0.25) is 4.90 Å². The van der Waals surface area contributed by atoms with Gasteiger partial charge in [0.25, 0.3) is 0 Å². The standard InChI is InChI=1S/C11H24N2S/c1-3-4-11(12)5-6-13-7-8-14-9-10(13)2/h10-11H,3-9,12H2,1-2H3. The third kappa shape index (κ3) is 4.20. The van der Waals surface area contributed by atoms with Crippen molar-refractivity contribution in [2.24, 2.45) is 5.73 Å². The van der Waals surface area contributed by atoms with Crippen molar-refractivity contribution < 1.29 is 0 Å². The van der Waals surface area contributed by atoms with Gasteiger partial charge in [-0.25, -0.2) is 0 Å². The molecule has 3 heteroatoms. The van der Waals surface area contributed by atoms with Gasteiger partial charge in [0, 0.05) is 30.1 Å². The number of hydrogen-bond donors (Lipinski definition) is 1. The fraction of sp³-hybridized carbons (Fsp3) is 1.00. The number of hydrogen-bond acceptors (Lipinski definition) is 3. The normalized spacial score (nSPS) is 26.4. The maximum Gasteiger partial charge on any atom is 0.0158 e. The Labute approximate surface area is 92.6 Å². The molecule has 1 aliphatic heterocycles. The van der Waals surface area contributed by atoms with Crippen LogP contribution < -0.4 is 5.73 Å². The van der Waals surface area contributed by atoms with E-state index in [1.54, 1.807) is 0 Å². The average Bonchev–Trinajstić information content (AvgIpc) is 2.17. The molecule has 0 aromatic heterocycles. The van der Waals surface area contributed by atoms with Crippen molar-refractivity contribution in [1.82, 2.24) is 4.90 Å². The van der Waals surface area contributed by atoms with Gasteiger partial charge in [-0.2, -0.15) is 11.8 Å². The molecule has 84 valence electrons. The Morgan fingerprint density at radius 1 is 1.50 bits per heavy atom. The van der Waals surface area contributed by atoms with Gasteiger partial charge in [-0.05, 0) is 26.3 Å². The Morgan fingerprint density at radius 3 is 2.93 bits per heavy atom. The van der Waals surface area contributed by atoms with Gasteiger partial charge >= 0.3 is 0 Å². The zero-order valence-electron chi connectivity index (χ0n) is 9.54. The maximum atomic E-state index is 6.01. The third-order valence-corrected chi connectivity index (χ3v) is 4.14. The number of nitrogens with two attached hydrogens (primary N) is 1. The SMILES string of the molecule is CCCC(N)CCN1CCSCC1C. The molecule has 1 rings (SSSR count). The first-order valence-corrected chi connectivity index (χ1v) is 6.97. The van der Waals surface area contributed by atoms with E-state index in [-0.39, 0.29) is 0 Å². The van der Waals surface area contributed by atoms with Crippen LogP contribution in [0.1, 0.15) is 33.1 Å². The molecule has 2 atom stereocenters. The second kappa shape index (κ2) is 6.70. The van der Waals surface area contributed by atoms with Crippen LogP contribution in [-0.2, 0) is 0 Å². The minimum absolute atomic E-state index is 0.418. The molecular weight excluding hydrogens is 192 g/mol. The van der Waals surface area contributed by atoms with Gasteiger partial charge in [0.05, 0.1) is 0 Å². The lowest BCUT2D eigenvalue weighted by Crippen LogP contribution is -2.42. The zero-order chi connectivity index (χ0) is 10.4. The lowest BCUT2D eigenvalue weighted by Gasteiger charge is -2.33. The Morgan fingerprint density at radius 2 is 2.29 bits per heavy atom. The summed E-state index contributed by atoms with van der Waals surface area (Å²) in [6.45, 7) is 6.99. The Bertz CT molecular complexity index is 152. The van der Waals surface area contributed by atoms with E-state index < -0.39 is 0 Å². The quantitative estimate of drug-likeness (QED) is 0.761. The molecule has 0 spiro atoms. The Kier molecular flexibility index (Phi) is 5.90. The van der Waals surface area contributed by atoms with Crippen LogP contribution in [-0.4, -0.2) is 41.6 Å². The summed E-state index contributed by atoms with van der Waals surface area (Å²) in [6, 6.07) is 1.17. The molecule has 1 fully saturated rings. The summed E-state index contributed by atoms with van der Waals surface area (Å²) in [5.41, 5.74) is 6.01. The molecule has 2 unspecified atom stereocenters. The predicted molar refractivity (Wildman–Crippen MR) is 65.9 cm³/mol. The van der Waals surface area contributed by atoms with E-state index in [2.05, 4.69) is 30.5 Å². The molecule has 0 aromatic rings. The summed E-state index contributed by atoms with van der Waals surface area (Å²) in [5.74, 6) is 2.59. The lowest BCUT2D eigenvalue weighted by molar-refractivity contribution is 0.222. The van der Waals surface area contributed by atoms with E-state index >= 15 is 0 Å². The van der Waals surface area contributed by atoms with E-state index in [1.165, 1.54) is 43.9 Å². The molecule has 0 saturated carbocycles. The zero-order valence-corrected chi connectivity index (χ0v) is 10.4. The summed E-state index contributed by atoms with van der Waals surface area (Å²) in [7, 11) is 0. The second-order valence-corrected chi connectivity index (χ2v) is 5.45. The van der Waals surface area contributed by atoms with Gasteiger partial charge in [0.1, 0.15) is 0 Å². The monoisotopic (exact) mass is 216 g/mol. The van der Waals surface area contributed by atoms with Gasteiger partial charge in [0.2, 0.25) is 0 Å². The minimum atomic E-state index is 0.418. The highest BCUT2D eigenvalue weighted by Crippen LogP contribution is 2.16. The molecule has 0 bridgehead atoms. The third-order valence-electron chi connectivity index (χ3n) is 2.95. The predicted octanol–water partition coefficient (Wildman–Crippen LogP) is 1.94. The van der Waals surface area contributed by atoms with Crippen molar-refractivity contribution in [3.05, 3.63) is 0 Å². The topological polar surface area (TPSA) is 29.3 Å². The van der Waals surface area contributed by atoms with Crippen molar-refractivity contribution in [1.29, 1.82) is 0 Å². The van der Waals surface area contributed by atoms with Crippen molar-refractivity contribution in [3.8, 4) is 0 Å². The molecule has 0 aromatic carbocycles. The summed E-state index contributed by atoms with van der Waals surface area (Å²) in [5, 5.41) is 0. The first-order chi connectivity index (χ1) is 6.74. The highest BCUT2D eigenvalue weighted by Gasteiger charge is 2.18. The van der Waals surface area contributed by atoms with Crippen LogP contribution in [0.3, 0.4) is 0 Å². The average molecular weight is 216 g/mol. The second-order valence-electron chi connectivity index (χ2n) is 4.30. The Hall–Kier alpha value is 0.270. The lowest BCUT2D eigenvalue weighted by atomic mass is 10.1. The van der Waals surface area contributed by atoms with Crippen LogP contribution >= 0.6 is 11.8 Å². The summed E-state index contributed by atoms with van der Waals surface area (Å²) < 4.78 is 0. The van der Waals surface area contributed by atoms with E-state index in [4.69, 9.17) is 5.73 Å². The molecule has 0 amide bonds. The van der Waals surface area contributed by atoms with Crippen molar-refractivity contribution in [3.63, 3.8) is 0 Å². The van der Waals surface area contributed by atoms with Gasteiger partial charge < -0.3 is 5.73 Å². The van der Waals surface area contributed by atoms with Crippen LogP contribution in [0, 0.1) is 0 Å². The summed E-state index contributed by atoms with van der Waals surface area (Å²) in [6.07, 6.45) is 3.56. The fourth-order valence-corrected chi connectivity index (χ4v) is 3.02. The molecule has 1 saturated heterocycles. The largest absolute Gasteiger partial charge is 0.328 e. The molecule has 14 heavy (non-hydrogen) atoms. The molecule has 1 aliphatic rings. The number of thioether (sulfide) groups is 1. The van der Waals surface area contributed by atoms with Crippen LogP contribution in [0.4, 0.5) is 0 Å². The van der Waals surface area contributed by atoms with E-state index in [1.807, 2.05) is 0 Å². The van der Waals surface area contributed by atoms with Crippen LogP contribution in [0.2, 0.25) is 0 Å². The van der Waals surface area contributed by atoms with Crippen LogP contribution in [0.25, 0.3) is 0 Å². The van der Waals surface area contributed by atoms with E-state index in [0.29, 0.717) is 6.04 Å². The van der Waals surface area contributed by atoms with Crippen molar-refractivity contribution in [2.75, 3.05) is 24.6 Å². The highest BCUT2D eigenvalue weighted by atomic mass is 32.2. The van der Waals surface area contributed by atoms with Crippen LogP contribution in [0.5, 0.6) is 0 Å². The fourth-order valence-electron chi connectivity index (χ4n) is 1.94. The van der Waals surface area contributed by atoms with E-state index in [9.17, 15) is 0 Å². The van der Waals surface area contributed by atoms with Gasteiger partial charge in [0.15, 0.2) is 0 Å². The smallest absolute Gasteiger partial charge is 0.0158 e. The summed E-state index contributed by atoms with van der Waals surface area (Å²) in [4.78, 5) is 2.59.